The molecule has 1 aliphatic rings. The molecule has 1 heterocycles. The van der Waals surface area contributed by atoms with Gasteiger partial charge < -0.3 is 10.5 Å². The van der Waals surface area contributed by atoms with E-state index in [0.717, 1.165) is 0 Å². The molecule has 0 radical (unpaired) electrons. The maximum absolute atomic E-state index is 11.5. The van der Waals surface area contributed by atoms with Crippen LogP contribution in [0.2, 0.25) is 0 Å². The average Bonchev–Trinajstić information content (AvgIpc) is 2.40. The molecule has 0 fully saturated rings. The zero-order valence-electron chi connectivity index (χ0n) is 11.5. The Morgan fingerprint density at radius 1 is 1.27 bits per heavy atom. The van der Waals surface area contributed by atoms with Gasteiger partial charge in [-0.15, -0.1) is 4.40 Å². The van der Waals surface area contributed by atoms with E-state index in [1.807, 2.05) is 0 Å². The lowest BCUT2D eigenvalue weighted by Gasteiger charge is -2.19. The predicted molar refractivity (Wildman–Crippen MR) is 82.7 cm³/mol. The molecule has 0 bridgehead atoms. The molecule has 0 saturated carbocycles. The van der Waals surface area contributed by atoms with Gasteiger partial charge in [-0.25, -0.2) is 9.35 Å². The van der Waals surface area contributed by atoms with E-state index in [2.05, 4.69) is 9.12 Å². The second kappa shape index (κ2) is 7.05. The summed E-state index contributed by atoms with van der Waals surface area (Å²) >= 11 is -1.76. The first kappa shape index (κ1) is 16.7. The van der Waals surface area contributed by atoms with Crippen molar-refractivity contribution in [3.63, 3.8) is 0 Å². The van der Waals surface area contributed by atoms with Crippen molar-refractivity contribution in [1.82, 2.24) is 0 Å². The van der Waals surface area contributed by atoms with Gasteiger partial charge in [0.15, 0.2) is 5.84 Å². The maximum atomic E-state index is 11.5. The summed E-state index contributed by atoms with van der Waals surface area (Å²) in [6.45, 7) is 0.625. The van der Waals surface area contributed by atoms with Crippen molar-refractivity contribution in [1.29, 1.82) is 0 Å². The number of nitrogens with two attached hydrogens (primary N) is 2. The Kier molecular flexibility index (Phi) is 5.34. The molecule has 1 atom stereocenters. The zero-order chi connectivity index (χ0) is 16.2. The van der Waals surface area contributed by atoms with Crippen LogP contribution in [0.3, 0.4) is 0 Å². The molecule has 0 amide bonds. The average molecular weight is 348 g/mol. The number of amidine groups is 1. The van der Waals surface area contributed by atoms with Crippen LogP contribution in [0.25, 0.3) is 0 Å². The van der Waals surface area contributed by atoms with Crippen LogP contribution >= 0.6 is 0 Å². The number of hydrogen-bond acceptors (Lipinski definition) is 6. The summed E-state index contributed by atoms with van der Waals surface area (Å²) in [6, 6.07) is 4.90. The zero-order valence-corrected chi connectivity index (χ0v) is 13.2. The number of anilines is 1. The Morgan fingerprint density at radius 3 is 2.73 bits per heavy atom. The van der Waals surface area contributed by atoms with Gasteiger partial charge in [-0.05, 0) is 25.0 Å². The second-order valence-corrected chi connectivity index (χ2v) is 6.46. The number of ether oxygens (including phenoxy) is 1. The second-order valence-electron chi connectivity index (χ2n) is 4.37. The number of fused-ring (bicyclic) bond motifs is 1. The lowest BCUT2D eigenvalue weighted by Crippen LogP contribution is -2.27. The SMILES string of the molecule is NC1=NS(=O)(=O)Nc2cccc(OCCCCOS(N)=O)c21. The molecule has 22 heavy (non-hydrogen) atoms. The fourth-order valence-corrected chi connectivity index (χ4v) is 2.99. The van der Waals surface area contributed by atoms with Gasteiger partial charge in [0.1, 0.15) is 5.75 Å². The summed E-state index contributed by atoms with van der Waals surface area (Å²) in [5.74, 6) is 0.315. The minimum absolute atomic E-state index is 0.119. The van der Waals surface area contributed by atoms with Gasteiger partial charge in [0.25, 0.3) is 0 Å². The largest absolute Gasteiger partial charge is 0.493 e. The first-order chi connectivity index (χ1) is 10.4. The van der Waals surface area contributed by atoms with E-state index in [4.69, 9.17) is 19.8 Å². The Bertz CT molecular complexity index is 704. The van der Waals surface area contributed by atoms with Gasteiger partial charge in [0, 0.05) is 0 Å². The molecule has 9 nitrogen and oxygen atoms in total. The minimum atomic E-state index is -3.80. The third-order valence-corrected chi connectivity index (χ3v) is 4.05. The van der Waals surface area contributed by atoms with Gasteiger partial charge in [-0.2, -0.15) is 8.42 Å². The van der Waals surface area contributed by atoms with E-state index < -0.39 is 21.5 Å². The molecule has 1 aliphatic heterocycles. The summed E-state index contributed by atoms with van der Waals surface area (Å²) in [5, 5.41) is 4.95. The Balaban J connectivity index is 1.98. The highest BCUT2D eigenvalue weighted by atomic mass is 32.2. The summed E-state index contributed by atoms with van der Waals surface area (Å²) in [6.07, 6.45) is 1.26. The lowest BCUT2D eigenvalue weighted by atomic mass is 10.1. The van der Waals surface area contributed by atoms with Crippen molar-refractivity contribution in [2.45, 2.75) is 12.8 Å². The highest BCUT2D eigenvalue weighted by molar-refractivity contribution is 7.91. The quantitative estimate of drug-likeness (QED) is 0.580. The molecule has 0 aliphatic carbocycles. The third-order valence-electron chi connectivity index (χ3n) is 2.74. The highest BCUT2D eigenvalue weighted by Crippen LogP contribution is 2.30. The van der Waals surface area contributed by atoms with Crippen LogP contribution in [0.4, 0.5) is 5.69 Å². The molecule has 0 saturated heterocycles. The molecule has 1 aromatic rings. The summed E-state index contributed by atoms with van der Waals surface area (Å²) in [4.78, 5) is 0. The van der Waals surface area contributed by atoms with Crippen LogP contribution in [0.1, 0.15) is 18.4 Å². The summed E-state index contributed by atoms with van der Waals surface area (Å²) < 4.78 is 49.4. The third kappa shape index (κ3) is 4.40. The van der Waals surface area contributed by atoms with Crippen LogP contribution in [-0.4, -0.2) is 31.7 Å². The van der Waals surface area contributed by atoms with Crippen molar-refractivity contribution in [3.8, 4) is 5.75 Å². The standard InChI is InChI=1S/C11H16N4O5S2/c12-11-10-8(14-22(17,18)15-11)4-3-5-9(10)19-6-1-2-7-20-21(13)16/h3-5,14H,1-2,6-7,13H2,(H2,12,15). The molecule has 1 aromatic carbocycles. The first-order valence-corrected chi connectivity index (χ1v) is 8.90. The van der Waals surface area contributed by atoms with Crippen LogP contribution < -0.4 is 20.3 Å². The van der Waals surface area contributed by atoms with E-state index in [0.29, 0.717) is 36.4 Å². The lowest BCUT2D eigenvalue weighted by molar-refractivity contribution is 0.277. The van der Waals surface area contributed by atoms with E-state index in [1.165, 1.54) is 0 Å². The van der Waals surface area contributed by atoms with Gasteiger partial charge in [0.2, 0.25) is 11.3 Å². The number of rotatable bonds is 7. The number of nitrogens with one attached hydrogen (secondary N) is 1. The maximum Gasteiger partial charge on any atom is 0.344 e. The number of hydrogen-bond donors (Lipinski definition) is 3. The Labute approximate surface area is 130 Å². The van der Waals surface area contributed by atoms with Crippen molar-refractivity contribution in [3.05, 3.63) is 23.8 Å². The first-order valence-electron chi connectivity index (χ1n) is 6.33. The Hall–Kier alpha value is -1.69. The van der Waals surface area contributed by atoms with Crippen molar-refractivity contribution in [2.75, 3.05) is 17.9 Å². The number of benzene rings is 1. The molecular formula is C11H16N4O5S2. The number of unbranched alkanes of at least 4 members (excludes halogenated alkanes) is 1. The van der Waals surface area contributed by atoms with E-state index in [1.54, 1.807) is 18.2 Å². The minimum Gasteiger partial charge on any atom is -0.493 e. The Morgan fingerprint density at radius 2 is 2.00 bits per heavy atom. The van der Waals surface area contributed by atoms with Gasteiger partial charge in [0.05, 0.1) is 24.5 Å². The molecule has 11 heteroatoms. The van der Waals surface area contributed by atoms with Gasteiger partial charge in [-0.1, -0.05) is 6.07 Å². The van der Waals surface area contributed by atoms with E-state index in [-0.39, 0.29) is 12.4 Å². The van der Waals surface area contributed by atoms with E-state index >= 15 is 0 Å². The van der Waals surface area contributed by atoms with Crippen LogP contribution in [0.15, 0.2) is 22.6 Å². The molecule has 1 unspecified atom stereocenters. The summed E-state index contributed by atoms with van der Waals surface area (Å²) in [7, 11) is -3.80. The van der Waals surface area contributed by atoms with Crippen molar-refractivity contribution in [2.24, 2.45) is 15.3 Å². The van der Waals surface area contributed by atoms with Crippen LogP contribution in [-0.2, 0) is 25.7 Å². The van der Waals surface area contributed by atoms with Crippen LogP contribution in [0.5, 0.6) is 5.75 Å². The molecule has 5 N–H and O–H groups in total. The smallest absolute Gasteiger partial charge is 0.344 e. The molecule has 0 spiro atoms. The highest BCUT2D eigenvalue weighted by Gasteiger charge is 2.24. The predicted octanol–water partition coefficient (Wildman–Crippen LogP) is -0.225. The van der Waals surface area contributed by atoms with Crippen molar-refractivity contribution >= 4 is 33.0 Å². The molecule has 122 valence electrons. The van der Waals surface area contributed by atoms with Gasteiger partial charge in [-0.3, -0.25) is 8.91 Å². The van der Waals surface area contributed by atoms with E-state index in [9.17, 15) is 12.6 Å². The monoisotopic (exact) mass is 348 g/mol. The molecule has 2 rings (SSSR count). The molecular weight excluding hydrogens is 332 g/mol. The topological polar surface area (TPSA) is 146 Å². The van der Waals surface area contributed by atoms with Crippen LogP contribution in [0, 0.1) is 0 Å². The normalized spacial score (nSPS) is 17.0. The summed E-state index contributed by atoms with van der Waals surface area (Å²) in [5.41, 5.74) is 6.43. The van der Waals surface area contributed by atoms with Gasteiger partial charge >= 0.3 is 10.2 Å². The number of nitrogens with zero attached hydrogens (tertiary/aromatic N) is 1. The van der Waals surface area contributed by atoms with Crippen molar-refractivity contribution < 1.29 is 21.5 Å². The fraction of sp³-hybridized carbons (Fsp3) is 0.364. The fourth-order valence-electron chi connectivity index (χ4n) is 1.86. The molecule has 0 aromatic heterocycles.